The van der Waals surface area contributed by atoms with E-state index in [1.807, 2.05) is 52.9 Å². The number of rotatable bonds is 3. The van der Waals surface area contributed by atoms with Crippen LogP contribution >= 0.6 is 0 Å². The predicted octanol–water partition coefficient (Wildman–Crippen LogP) is 3.83. The number of carbonyl (C=O) groups is 2. The van der Waals surface area contributed by atoms with Crippen molar-refractivity contribution in [1.82, 2.24) is 9.80 Å². The molecule has 0 spiro atoms. The molecule has 0 aliphatic carbocycles. The van der Waals surface area contributed by atoms with Crippen LogP contribution in [0.1, 0.15) is 46.1 Å². The number of cyclic esters (lactones) is 1. The van der Waals surface area contributed by atoms with Crippen molar-refractivity contribution >= 4 is 12.0 Å². The largest absolute Gasteiger partial charge is 0.447 e. The maximum Gasteiger partial charge on any atom is 0.416 e. The SMILES string of the molecule is CC.CN1C(CCC(=O)N2CCOC2=O)COC1(C)C.Cc1ccccc1. The Morgan fingerprint density at radius 2 is 1.85 bits per heavy atom. The summed E-state index contributed by atoms with van der Waals surface area (Å²) in [5, 5.41) is 0. The Kier molecular flexibility index (Phi) is 9.46. The van der Waals surface area contributed by atoms with Crippen molar-refractivity contribution in [2.24, 2.45) is 0 Å². The zero-order valence-corrected chi connectivity index (χ0v) is 17.5. The molecule has 0 aromatic heterocycles. The lowest BCUT2D eigenvalue weighted by atomic mass is 10.1. The van der Waals surface area contributed by atoms with E-state index in [0.29, 0.717) is 32.6 Å². The van der Waals surface area contributed by atoms with Gasteiger partial charge in [0.15, 0.2) is 0 Å². The predicted molar refractivity (Wildman–Crippen MR) is 106 cm³/mol. The molecule has 6 nitrogen and oxygen atoms in total. The minimum Gasteiger partial charge on any atom is -0.447 e. The van der Waals surface area contributed by atoms with Gasteiger partial charge in [0.05, 0.1) is 13.2 Å². The molecule has 0 N–H and O–H groups in total. The third-order valence-electron chi connectivity index (χ3n) is 4.72. The van der Waals surface area contributed by atoms with Crippen LogP contribution in [-0.4, -0.2) is 60.4 Å². The van der Waals surface area contributed by atoms with Gasteiger partial charge in [-0.15, -0.1) is 0 Å². The van der Waals surface area contributed by atoms with E-state index >= 15 is 0 Å². The van der Waals surface area contributed by atoms with Crippen LogP contribution in [0.4, 0.5) is 4.79 Å². The molecule has 2 aliphatic heterocycles. The molecule has 2 fully saturated rings. The molecule has 6 heteroatoms. The van der Waals surface area contributed by atoms with Crippen molar-refractivity contribution in [3.63, 3.8) is 0 Å². The van der Waals surface area contributed by atoms with Gasteiger partial charge in [-0.2, -0.15) is 0 Å². The second-order valence-corrected chi connectivity index (χ2v) is 6.88. The number of benzene rings is 1. The van der Waals surface area contributed by atoms with Crippen molar-refractivity contribution < 1.29 is 19.1 Å². The minimum atomic E-state index is -0.517. The van der Waals surface area contributed by atoms with Crippen molar-refractivity contribution in [3.8, 4) is 0 Å². The molecule has 2 aliphatic rings. The second kappa shape index (κ2) is 11.0. The van der Waals surface area contributed by atoms with E-state index in [2.05, 4.69) is 24.0 Å². The van der Waals surface area contributed by atoms with E-state index in [1.165, 1.54) is 10.5 Å². The highest BCUT2D eigenvalue weighted by Gasteiger charge is 2.38. The third-order valence-corrected chi connectivity index (χ3v) is 4.72. The van der Waals surface area contributed by atoms with Crippen LogP contribution in [0.5, 0.6) is 0 Å². The Bertz CT molecular complexity index is 589. The van der Waals surface area contributed by atoms with E-state index in [0.717, 1.165) is 0 Å². The molecular weight excluding hydrogens is 344 g/mol. The number of aryl methyl sites for hydroxylation is 1. The zero-order chi connectivity index (χ0) is 20.4. The summed E-state index contributed by atoms with van der Waals surface area (Å²) >= 11 is 0. The van der Waals surface area contributed by atoms with Gasteiger partial charge in [-0.3, -0.25) is 9.69 Å². The van der Waals surface area contributed by atoms with E-state index in [-0.39, 0.29) is 17.7 Å². The minimum absolute atomic E-state index is 0.157. The normalized spacial score (nSPS) is 20.9. The van der Waals surface area contributed by atoms with Gasteiger partial charge in [0, 0.05) is 12.5 Å². The summed E-state index contributed by atoms with van der Waals surface area (Å²) in [4.78, 5) is 26.4. The van der Waals surface area contributed by atoms with Crippen LogP contribution in [0.2, 0.25) is 0 Å². The van der Waals surface area contributed by atoms with Gasteiger partial charge in [-0.25, -0.2) is 9.69 Å². The molecule has 0 bridgehead atoms. The fourth-order valence-electron chi connectivity index (χ4n) is 2.81. The van der Waals surface area contributed by atoms with Crippen molar-refractivity contribution in [1.29, 1.82) is 0 Å². The lowest BCUT2D eigenvalue weighted by molar-refractivity contribution is -0.128. The molecule has 2 amide bonds. The van der Waals surface area contributed by atoms with Crippen LogP contribution in [0.25, 0.3) is 0 Å². The standard InChI is InChI=1S/C12H20N2O4.C7H8.C2H6/c1-12(2)13(3)9(8-18-12)4-5-10(15)14-6-7-17-11(14)16;1-7-5-3-2-4-6-7;1-2/h9H,4-8H2,1-3H3;2-6H,1H3;1-2H3. The first-order valence-electron chi connectivity index (χ1n) is 9.67. The Balaban J connectivity index is 0.000000338. The molecule has 2 saturated heterocycles. The molecule has 1 atom stereocenters. The van der Waals surface area contributed by atoms with Crippen LogP contribution < -0.4 is 0 Å². The average Bonchev–Trinajstić information content (AvgIpc) is 3.20. The van der Waals surface area contributed by atoms with Gasteiger partial charge < -0.3 is 9.47 Å². The monoisotopic (exact) mass is 378 g/mol. The average molecular weight is 379 g/mol. The van der Waals surface area contributed by atoms with E-state index in [1.54, 1.807) is 0 Å². The first kappa shape index (κ1) is 23.1. The Hall–Kier alpha value is -1.92. The number of hydrogen-bond donors (Lipinski definition) is 0. The van der Waals surface area contributed by atoms with E-state index < -0.39 is 6.09 Å². The molecular formula is C21H34N2O4. The number of amides is 2. The smallest absolute Gasteiger partial charge is 0.416 e. The number of likely N-dealkylation sites (N-methyl/N-ethyl adjacent to an activating group) is 1. The van der Waals surface area contributed by atoms with Gasteiger partial charge in [0.2, 0.25) is 5.91 Å². The molecule has 2 heterocycles. The highest BCUT2D eigenvalue weighted by molar-refractivity contribution is 5.92. The number of ether oxygens (including phenoxy) is 2. The molecule has 0 saturated carbocycles. The maximum atomic E-state index is 11.8. The van der Waals surface area contributed by atoms with Gasteiger partial charge in [-0.1, -0.05) is 49.7 Å². The number of imide groups is 1. The fourth-order valence-corrected chi connectivity index (χ4v) is 2.81. The van der Waals surface area contributed by atoms with Crippen LogP contribution in [0.15, 0.2) is 30.3 Å². The van der Waals surface area contributed by atoms with E-state index in [4.69, 9.17) is 9.47 Å². The highest BCUT2D eigenvalue weighted by atomic mass is 16.6. The molecule has 27 heavy (non-hydrogen) atoms. The quantitative estimate of drug-likeness (QED) is 0.800. The van der Waals surface area contributed by atoms with Crippen LogP contribution in [-0.2, 0) is 14.3 Å². The lowest BCUT2D eigenvalue weighted by Gasteiger charge is -2.29. The fraction of sp³-hybridized carbons (Fsp3) is 0.619. The summed E-state index contributed by atoms with van der Waals surface area (Å²) in [5.74, 6) is -0.157. The summed E-state index contributed by atoms with van der Waals surface area (Å²) in [6.45, 7) is 11.4. The summed E-state index contributed by atoms with van der Waals surface area (Å²) in [6.07, 6.45) is 0.530. The number of hydrogen-bond acceptors (Lipinski definition) is 5. The van der Waals surface area contributed by atoms with Crippen molar-refractivity contribution in [2.75, 3.05) is 26.8 Å². The summed E-state index contributed by atoms with van der Waals surface area (Å²) in [6, 6.07) is 10.5. The Morgan fingerprint density at radius 1 is 1.22 bits per heavy atom. The van der Waals surface area contributed by atoms with Crippen LogP contribution in [0.3, 0.4) is 0 Å². The summed E-state index contributed by atoms with van der Waals surface area (Å²) in [5.41, 5.74) is 1.04. The van der Waals surface area contributed by atoms with Crippen molar-refractivity contribution in [2.45, 2.75) is 59.2 Å². The molecule has 1 aromatic rings. The van der Waals surface area contributed by atoms with Crippen LogP contribution in [0, 0.1) is 6.92 Å². The molecule has 0 radical (unpaired) electrons. The molecule has 1 unspecified atom stereocenters. The van der Waals surface area contributed by atoms with E-state index in [9.17, 15) is 9.59 Å². The van der Waals surface area contributed by atoms with Gasteiger partial charge in [-0.05, 0) is 34.2 Å². The first-order valence-corrected chi connectivity index (χ1v) is 9.67. The zero-order valence-electron chi connectivity index (χ0n) is 17.5. The number of nitrogens with zero attached hydrogens (tertiary/aromatic N) is 2. The Morgan fingerprint density at radius 3 is 2.26 bits per heavy atom. The second-order valence-electron chi connectivity index (χ2n) is 6.88. The highest BCUT2D eigenvalue weighted by Crippen LogP contribution is 2.27. The first-order chi connectivity index (χ1) is 12.8. The number of carbonyl (C=O) groups excluding carboxylic acids is 2. The summed E-state index contributed by atoms with van der Waals surface area (Å²) < 4.78 is 10.4. The molecule has 1 aromatic carbocycles. The van der Waals surface area contributed by atoms with Gasteiger partial charge >= 0.3 is 6.09 Å². The molecule has 152 valence electrons. The van der Waals surface area contributed by atoms with Crippen molar-refractivity contribution in [3.05, 3.63) is 35.9 Å². The molecule has 3 rings (SSSR count). The van der Waals surface area contributed by atoms with Gasteiger partial charge in [0.1, 0.15) is 12.3 Å². The topological polar surface area (TPSA) is 59.1 Å². The van der Waals surface area contributed by atoms with Gasteiger partial charge in [0.25, 0.3) is 0 Å². The summed E-state index contributed by atoms with van der Waals surface area (Å²) in [7, 11) is 1.99. The Labute approximate surface area is 163 Å². The lowest BCUT2D eigenvalue weighted by Crippen LogP contribution is -2.41. The maximum absolute atomic E-state index is 11.8. The third kappa shape index (κ3) is 6.96.